The minimum atomic E-state index is -1.04. The van der Waals surface area contributed by atoms with Gasteiger partial charge in [0.25, 0.3) is 0 Å². The Bertz CT molecular complexity index is 223. The Labute approximate surface area is 84.0 Å². The molecule has 14 heavy (non-hydrogen) atoms. The van der Waals surface area contributed by atoms with E-state index in [1.165, 1.54) is 0 Å². The van der Waals surface area contributed by atoms with Gasteiger partial charge in [-0.3, -0.25) is 4.79 Å². The minimum Gasteiger partial charge on any atom is -0.478 e. The maximum Gasteiger partial charge on any atom is 0.330 e. The molecule has 80 valence electrons. The van der Waals surface area contributed by atoms with Gasteiger partial charge in [-0.05, 0) is 12.8 Å². The van der Waals surface area contributed by atoms with Crippen molar-refractivity contribution in [1.29, 1.82) is 0 Å². The number of aliphatic carboxylic acids is 1. The van der Waals surface area contributed by atoms with Crippen LogP contribution in [0.25, 0.3) is 0 Å². The smallest absolute Gasteiger partial charge is 0.330 e. The lowest BCUT2D eigenvalue weighted by Gasteiger charge is -2.03. The highest BCUT2D eigenvalue weighted by atomic mass is 16.4. The van der Waals surface area contributed by atoms with Crippen LogP contribution < -0.4 is 5.32 Å². The average molecular weight is 199 g/mol. The Morgan fingerprint density at radius 1 is 1.36 bits per heavy atom. The first-order valence-corrected chi connectivity index (χ1v) is 4.75. The van der Waals surface area contributed by atoms with Gasteiger partial charge in [-0.15, -0.1) is 0 Å². The summed E-state index contributed by atoms with van der Waals surface area (Å²) in [7, 11) is 0. The van der Waals surface area contributed by atoms with Gasteiger partial charge in [-0.1, -0.05) is 19.9 Å². The lowest BCUT2D eigenvalue weighted by Crippen LogP contribution is -2.24. The van der Waals surface area contributed by atoms with E-state index in [0.29, 0.717) is 6.54 Å². The second kappa shape index (κ2) is 7.12. The first-order valence-electron chi connectivity index (χ1n) is 4.75. The highest BCUT2D eigenvalue weighted by Crippen LogP contribution is 2.01. The van der Waals surface area contributed by atoms with Crippen molar-refractivity contribution in [3.05, 3.63) is 12.2 Å². The fraction of sp³-hybridized carbons (Fsp3) is 0.600. The van der Waals surface area contributed by atoms with Gasteiger partial charge in [0.1, 0.15) is 0 Å². The number of unbranched alkanes of at least 4 members (excludes halogenated alkanes) is 1. The van der Waals surface area contributed by atoms with Crippen molar-refractivity contribution in [1.82, 2.24) is 5.32 Å². The quantitative estimate of drug-likeness (QED) is 0.480. The molecule has 4 nitrogen and oxygen atoms in total. The maximum atomic E-state index is 11.1. The summed E-state index contributed by atoms with van der Waals surface area (Å²) in [5.41, 5.74) is 0.0793. The van der Waals surface area contributed by atoms with E-state index in [2.05, 4.69) is 11.9 Å². The summed E-state index contributed by atoms with van der Waals surface area (Å²) in [6.07, 6.45) is 2.40. The number of amides is 1. The van der Waals surface area contributed by atoms with Crippen molar-refractivity contribution in [2.75, 3.05) is 6.54 Å². The normalized spacial score (nSPS) is 9.50. The molecule has 4 heteroatoms. The predicted molar refractivity (Wildman–Crippen MR) is 53.9 cm³/mol. The molecule has 1 amide bonds. The van der Waals surface area contributed by atoms with E-state index in [-0.39, 0.29) is 24.3 Å². The van der Waals surface area contributed by atoms with Gasteiger partial charge in [-0.25, -0.2) is 4.79 Å². The van der Waals surface area contributed by atoms with Gasteiger partial charge >= 0.3 is 5.97 Å². The molecule has 0 bridgehead atoms. The third-order valence-corrected chi connectivity index (χ3v) is 1.81. The van der Waals surface area contributed by atoms with E-state index >= 15 is 0 Å². The largest absolute Gasteiger partial charge is 0.478 e. The number of carbonyl (C=O) groups is 2. The summed E-state index contributed by atoms with van der Waals surface area (Å²) >= 11 is 0. The zero-order chi connectivity index (χ0) is 11.0. The predicted octanol–water partition coefficient (Wildman–Crippen LogP) is 1.32. The zero-order valence-corrected chi connectivity index (χ0v) is 8.51. The van der Waals surface area contributed by atoms with Gasteiger partial charge in [0.05, 0.1) is 0 Å². The van der Waals surface area contributed by atoms with E-state index in [1.54, 1.807) is 0 Å². The van der Waals surface area contributed by atoms with Crippen LogP contribution in [0.4, 0.5) is 0 Å². The molecule has 0 aromatic rings. The molecule has 0 aromatic heterocycles. The molecular formula is C10H17NO3. The Kier molecular flexibility index (Phi) is 6.45. The van der Waals surface area contributed by atoms with Gasteiger partial charge in [-0.2, -0.15) is 0 Å². The molecule has 0 aliphatic carbocycles. The Balaban J connectivity index is 3.54. The summed E-state index contributed by atoms with van der Waals surface area (Å²) in [5.74, 6) is -1.15. The lowest BCUT2D eigenvalue weighted by atomic mass is 10.1. The molecule has 0 radical (unpaired) electrons. The van der Waals surface area contributed by atoms with Crippen LogP contribution >= 0.6 is 0 Å². The summed E-state index contributed by atoms with van der Waals surface area (Å²) in [6, 6.07) is 0. The number of carboxylic acid groups (broad SMARTS) is 1. The average Bonchev–Trinajstić information content (AvgIpc) is 2.14. The Morgan fingerprint density at radius 2 is 2.00 bits per heavy atom. The summed E-state index contributed by atoms with van der Waals surface area (Å²) < 4.78 is 0. The van der Waals surface area contributed by atoms with Gasteiger partial charge < -0.3 is 10.4 Å². The fourth-order valence-electron chi connectivity index (χ4n) is 0.864. The van der Waals surface area contributed by atoms with Crippen LogP contribution in [-0.4, -0.2) is 23.5 Å². The van der Waals surface area contributed by atoms with Crippen LogP contribution in [-0.2, 0) is 9.59 Å². The molecule has 0 unspecified atom stereocenters. The molecule has 0 saturated carbocycles. The van der Waals surface area contributed by atoms with Gasteiger partial charge in [0, 0.05) is 18.5 Å². The Hall–Kier alpha value is -1.32. The van der Waals surface area contributed by atoms with E-state index in [1.807, 2.05) is 6.92 Å². The van der Waals surface area contributed by atoms with Crippen molar-refractivity contribution >= 4 is 11.9 Å². The van der Waals surface area contributed by atoms with Crippen molar-refractivity contribution in [3.63, 3.8) is 0 Å². The van der Waals surface area contributed by atoms with Crippen molar-refractivity contribution < 1.29 is 14.7 Å². The monoisotopic (exact) mass is 199 g/mol. The van der Waals surface area contributed by atoms with Crippen molar-refractivity contribution in [2.24, 2.45) is 0 Å². The first-order chi connectivity index (χ1) is 6.57. The van der Waals surface area contributed by atoms with Crippen LogP contribution in [0, 0.1) is 0 Å². The van der Waals surface area contributed by atoms with Gasteiger partial charge in [0.15, 0.2) is 0 Å². The highest BCUT2D eigenvalue weighted by Gasteiger charge is 2.06. The van der Waals surface area contributed by atoms with E-state index in [9.17, 15) is 9.59 Å². The van der Waals surface area contributed by atoms with Crippen molar-refractivity contribution in [2.45, 2.75) is 32.6 Å². The first kappa shape index (κ1) is 12.7. The van der Waals surface area contributed by atoms with Crippen LogP contribution in [0.2, 0.25) is 0 Å². The zero-order valence-electron chi connectivity index (χ0n) is 8.51. The number of carbonyl (C=O) groups excluding carboxylic acids is 1. The van der Waals surface area contributed by atoms with E-state index in [0.717, 1.165) is 12.8 Å². The third-order valence-electron chi connectivity index (χ3n) is 1.81. The molecule has 0 heterocycles. The molecule has 0 aromatic carbocycles. The topological polar surface area (TPSA) is 66.4 Å². The SMILES string of the molecule is C=C(CCC(=O)NCCCC)C(=O)O. The molecule has 0 aliphatic rings. The van der Waals surface area contributed by atoms with Crippen molar-refractivity contribution in [3.8, 4) is 0 Å². The van der Waals surface area contributed by atoms with Gasteiger partial charge in [0.2, 0.25) is 5.91 Å². The minimum absolute atomic E-state index is 0.0793. The second-order valence-electron chi connectivity index (χ2n) is 3.11. The summed E-state index contributed by atoms with van der Waals surface area (Å²) in [4.78, 5) is 21.4. The number of nitrogens with one attached hydrogen (secondary N) is 1. The molecular weight excluding hydrogens is 182 g/mol. The molecule has 0 spiro atoms. The number of hydrogen-bond acceptors (Lipinski definition) is 2. The number of rotatable bonds is 7. The maximum absolute atomic E-state index is 11.1. The number of hydrogen-bond donors (Lipinski definition) is 2. The van der Waals surface area contributed by atoms with E-state index < -0.39 is 5.97 Å². The summed E-state index contributed by atoms with van der Waals surface area (Å²) in [6.45, 7) is 6.04. The Morgan fingerprint density at radius 3 is 2.50 bits per heavy atom. The van der Waals surface area contributed by atoms with Crippen LogP contribution in [0.3, 0.4) is 0 Å². The molecule has 0 aliphatic heterocycles. The standard InChI is InChI=1S/C10H17NO3/c1-3-4-7-11-9(12)6-5-8(2)10(13)14/h2-7H2,1H3,(H,11,12)(H,13,14). The molecule has 0 fully saturated rings. The molecule has 0 rings (SSSR count). The second-order valence-corrected chi connectivity index (χ2v) is 3.11. The van der Waals surface area contributed by atoms with Crippen LogP contribution in [0.5, 0.6) is 0 Å². The summed E-state index contributed by atoms with van der Waals surface area (Å²) in [5, 5.41) is 11.2. The lowest BCUT2D eigenvalue weighted by molar-refractivity contribution is -0.132. The third kappa shape index (κ3) is 6.22. The molecule has 2 N–H and O–H groups in total. The van der Waals surface area contributed by atoms with Crippen LogP contribution in [0.15, 0.2) is 12.2 Å². The van der Waals surface area contributed by atoms with E-state index in [4.69, 9.17) is 5.11 Å². The molecule has 0 saturated heterocycles. The molecule has 0 atom stereocenters. The van der Waals surface area contributed by atoms with Crippen LogP contribution in [0.1, 0.15) is 32.6 Å². The fourth-order valence-corrected chi connectivity index (χ4v) is 0.864. The highest BCUT2D eigenvalue weighted by molar-refractivity contribution is 5.87. The number of carboxylic acids is 1.